The van der Waals surface area contributed by atoms with Crippen LogP contribution >= 0.6 is 0 Å². The smallest absolute Gasteiger partial charge is 0.178 e. The quantitative estimate of drug-likeness (QED) is 0.762. The molecular weight excluding hydrogens is 329 g/mol. The Labute approximate surface area is 155 Å². The second kappa shape index (κ2) is 7.62. The molecule has 0 radical (unpaired) electrons. The molecule has 0 saturated carbocycles. The van der Waals surface area contributed by atoms with Crippen LogP contribution in [0.2, 0.25) is 0 Å². The fourth-order valence-electron chi connectivity index (χ4n) is 4.00. The van der Waals surface area contributed by atoms with E-state index in [0.29, 0.717) is 18.3 Å². The molecule has 26 heavy (non-hydrogen) atoms. The van der Waals surface area contributed by atoms with E-state index in [1.54, 1.807) is 6.07 Å². The summed E-state index contributed by atoms with van der Waals surface area (Å²) in [5.74, 6) is -0.0116. The van der Waals surface area contributed by atoms with Gasteiger partial charge in [0.2, 0.25) is 0 Å². The molecule has 1 aromatic carbocycles. The molecule has 1 aliphatic rings. The predicted octanol–water partition coefficient (Wildman–Crippen LogP) is 3.83. The highest BCUT2D eigenvalue weighted by atomic mass is 19.1. The van der Waals surface area contributed by atoms with Crippen molar-refractivity contribution < 1.29 is 9.18 Å². The van der Waals surface area contributed by atoms with Gasteiger partial charge >= 0.3 is 0 Å². The second-order valence-corrected chi connectivity index (χ2v) is 7.39. The van der Waals surface area contributed by atoms with Gasteiger partial charge < -0.3 is 9.47 Å². The summed E-state index contributed by atoms with van der Waals surface area (Å²) in [4.78, 5) is 17.0. The maximum Gasteiger partial charge on any atom is 0.178 e. The summed E-state index contributed by atoms with van der Waals surface area (Å²) in [5, 5.41) is 0. The Morgan fingerprint density at radius 1 is 1.12 bits per heavy atom. The fraction of sp³-hybridized carbons (Fsp3) is 0.476. The van der Waals surface area contributed by atoms with E-state index in [-0.39, 0.29) is 11.6 Å². The van der Waals surface area contributed by atoms with Crippen LogP contribution in [0, 0.1) is 19.7 Å². The molecule has 140 valence electrons. The molecule has 1 aromatic heterocycles. The van der Waals surface area contributed by atoms with Gasteiger partial charge in [-0.05, 0) is 45.9 Å². The molecule has 1 aliphatic heterocycles. The number of aryl methyl sites for hydroxylation is 1. The molecular formula is C21H28FN3O. The Morgan fingerprint density at radius 2 is 1.77 bits per heavy atom. The van der Waals surface area contributed by atoms with Gasteiger partial charge in [0.25, 0.3) is 0 Å². The summed E-state index contributed by atoms with van der Waals surface area (Å²) in [6.45, 7) is 11.8. The molecule has 4 nitrogen and oxygen atoms in total. The first-order valence-electron chi connectivity index (χ1n) is 9.32. The SMILES string of the molecule is Cc1cc(C(=O)CN2CCN(c3ccccc3F)CC2)c(C)n1C(C)C. The van der Waals surface area contributed by atoms with Crippen LogP contribution in [-0.2, 0) is 0 Å². The molecule has 1 fully saturated rings. The van der Waals surface area contributed by atoms with E-state index >= 15 is 0 Å². The van der Waals surface area contributed by atoms with Gasteiger partial charge in [0, 0.05) is 49.2 Å². The lowest BCUT2D eigenvalue weighted by molar-refractivity contribution is 0.0925. The summed E-state index contributed by atoms with van der Waals surface area (Å²) < 4.78 is 16.2. The zero-order valence-corrected chi connectivity index (χ0v) is 16.1. The number of hydrogen-bond acceptors (Lipinski definition) is 3. The van der Waals surface area contributed by atoms with Crippen LogP contribution in [0.1, 0.15) is 41.6 Å². The third-order valence-corrected chi connectivity index (χ3v) is 5.23. The van der Waals surface area contributed by atoms with Crippen molar-refractivity contribution in [3.63, 3.8) is 0 Å². The van der Waals surface area contributed by atoms with Crippen molar-refractivity contribution in [1.29, 1.82) is 0 Å². The predicted molar refractivity (Wildman–Crippen MR) is 104 cm³/mol. The molecule has 2 aromatic rings. The third-order valence-electron chi connectivity index (χ3n) is 5.23. The van der Waals surface area contributed by atoms with Crippen molar-refractivity contribution in [2.24, 2.45) is 0 Å². The number of Topliss-reactive ketones (excluding diaryl/α,β-unsaturated/α-hetero) is 1. The van der Waals surface area contributed by atoms with E-state index in [1.165, 1.54) is 6.07 Å². The lowest BCUT2D eigenvalue weighted by Gasteiger charge is -2.35. The minimum atomic E-state index is -0.182. The summed E-state index contributed by atoms with van der Waals surface area (Å²) >= 11 is 0. The normalized spacial score (nSPS) is 15.7. The first kappa shape index (κ1) is 18.6. The molecule has 0 amide bonds. The van der Waals surface area contributed by atoms with Gasteiger partial charge in [-0.2, -0.15) is 0 Å². The number of ketones is 1. The summed E-state index contributed by atoms with van der Waals surface area (Å²) in [7, 11) is 0. The Bertz CT molecular complexity index is 789. The number of benzene rings is 1. The van der Waals surface area contributed by atoms with E-state index in [2.05, 4.69) is 35.1 Å². The lowest BCUT2D eigenvalue weighted by Crippen LogP contribution is -2.48. The zero-order chi connectivity index (χ0) is 18.8. The summed E-state index contributed by atoms with van der Waals surface area (Å²) in [6.07, 6.45) is 0. The van der Waals surface area contributed by atoms with Gasteiger partial charge in [0.1, 0.15) is 5.82 Å². The molecule has 0 unspecified atom stereocenters. The van der Waals surface area contributed by atoms with Crippen LogP contribution in [0.4, 0.5) is 10.1 Å². The first-order valence-corrected chi connectivity index (χ1v) is 9.32. The van der Waals surface area contributed by atoms with Crippen molar-refractivity contribution in [2.45, 2.75) is 33.7 Å². The van der Waals surface area contributed by atoms with Crippen LogP contribution in [0.15, 0.2) is 30.3 Å². The maximum absolute atomic E-state index is 13.9. The largest absolute Gasteiger partial charge is 0.367 e. The van der Waals surface area contributed by atoms with Crippen molar-refractivity contribution in [2.75, 3.05) is 37.6 Å². The van der Waals surface area contributed by atoms with E-state index in [1.807, 2.05) is 25.1 Å². The van der Waals surface area contributed by atoms with Gasteiger partial charge in [-0.1, -0.05) is 12.1 Å². The molecule has 0 spiro atoms. The van der Waals surface area contributed by atoms with Crippen molar-refractivity contribution in [3.8, 4) is 0 Å². The Kier molecular flexibility index (Phi) is 5.47. The average Bonchev–Trinajstić information content (AvgIpc) is 2.91. The average molecular weight is 357 g/mol. The van der Waals surface area contributed by atoms with Crippen LogP contribution in [0.3, 0.4) is 0 Å². The number of hydrogen-bond donors (Lipinski definition) is 0. The number of aromatic nitrogens is 1. The van der Waals surface area contributed by atoms with Gasteiger partial charge in [0.15, 0.2) is 5.78 Å². The minimum absolute atomic E-state index is 0.171. The summed E-state index contributed by atoms with van der Waals surface area (Å²) in [6, 6.07) is 9.24. The number of nitrogens with zero attached hydrogens (tertiary/aromatic N) is 3. The van der Waals surface area contributed by atoms with Crippen LogP contribution in [0.5, 0.6) is 0 Å². The highest BCUT2D eigenvalue weighted by Gasteiger charge is 2.23. The Balaban J connectivity index is 1.62. The number of carbonyl (C=O) groups is 1. The second-order valence-electron chi connectivity index (χ2n) is 7.39. The van der Waals surface area contributed by atoms with Crippen molar-refractivity contribution in [1.82, 2.24) is 9.47 Å². The van der Waals surface area contributed by atoms with E-state index < -0.39 is 0 Å². The molecule has 2 heterocycles. The number of halogens is 1. The molecule has 3 rings (SSSR count). The highest BCUT2D eigenvalue weighted by molar-refractivity contribution is 5.99. The summed E-state index contributed by atoms with van der Waals surface area (Å²) in [5.41, 5.74) is 3.66. The Hall–Kier alpha value is -2.14. The van der Waals surface area contributed by atoms with E-state index in [9.17, 15) is 9.18 Å². The fourth-order valence-corrected chi connectivity index (χ4v) is 4.00. The van der Waals surface area contributed by atoms with Crippen LogP contribution in [0.25, 0.3) is 0 Å². The molecule has 0 N–H and O–H groups in total. The minimum Gasteiger partial charge on any atom is -0.367 e. The van der Waals surface area contributed by atoms with Crippen LogP contribution in [-0.4, -0.2) is 48.0 Å². The third kappa shape index (κ3) is 3.68. The van der Waals surface area contributed by atoms with Gasteiger partial charge in [-0.15, -0.1) is 0 Å². The highest BCUT2D eigenvalue weighted by Crippen LogP contribution is 2.22. The van der Waals surface area contributed by atoms with Crippen LogP contribution < -0.4 is 4.90 Å². The monoisotopic (exact) mass is 357 g/mol. The van der Waals surface area contributed by atoms with Crippen molar-refractivity contribution >= 4 is 11.5 Å². The van der Waals surface area contributed by atoms with Gasteiger partial charge in [0.05, 0.1) is 12.2 Å². The number of rotatable bonds is 5. The number of piperazine rings is 1. The van der Waals surface area contributed by atoms with Gasteiger partial charge in [-0.3, -0.25) is 9.69 Å². The topological polar surface area (TPSA) is 28.5 Å². The molecule has 0 bridgehead atoms. The standard InChI is InChI=1S/C21H28FN3O/c1-15(2)25-16(3)13-18(17(25)4)21(26)14-23-9-11-24(12-10-23)20-8-6-5-7-19(20)22/h5-8,13,15H,9-12,14H2,1-4H3. The molecule has 0 aliphatic carbocycles. The number of carbonyl (C=O) groups excluding carboxylic acids is 1. The van der Waals surface area contributed by atoms with E-state index in [0.717, 1.165) is 43.1 Å². The Morgan fingerprint density at radius 3 is 2.35 bits per heavy atom. The number of para-hydroxylation sites is 1. The first-order chi connectivity index (χ1) is 12.4. The van der Waals surface area contributed by atoms with Gasteiger partial charge in [-0.25, -0.2) is 4.39 Å². The zero-order valence-electron chi connectivity index (χ0n) is 16.1. The number of anilines is 1. The van der Waals surface area contributed by atoms with E-state index in [4.69, 9.17) is 0 Å². The molecule has 0 atom stereocenters. The van der Waals surface area contributed by atoms with Crippen molar-refractivity contribution in [3.05, 3.63) is 53.1 Å². The maximum atomic E-state index is 13.9. The lowest BCUT2D eigenvalue weighted by atomic mass is 10.1. The molecule has 5 heteroatoms. The molecule has 1 saturated heterocycles.